The third-order valence-corrected chi connectivity index (χ3v) is 4.58. The predicted molar refractivity (Wildman–Crippen MR) is 88.2 cm³/mol. The molecule has 0 atom stereocenters. The lowest BCUT2D eigenvalue weighted by Gasteiger charge is -2.09. The Morgan fingerprint density at radius 1 is 1.29 bits per heavy atom. The quantitative estimate of drug-likeness (QED) is 0.794. The van der Waals surface area contributed by atoms with Crippen LogP contribution in [-0.4, -0.2) is 16.0 Å². The number of hydrogen-bond acceptors (Lipinski definition) is 4. The smallest absolute Gasteiger partial charge is 0.196 e. The van der Waals surface area contributed by atoms with Gasteiger partial charge in [-0.15, -0.1) is 11.3 Å². The van der Waals surface area contributed by atoms with E-state index in [1.807, 2.05) is 31.2 Å². The molecule has 0 spiro atoms. The number of nitrogen functional groups attached to an aromatic ring is 1. The van der Waals surface area contributed by atoms with Crippen molar-refractivity contribution in [1.82, 2.24) is 9.38 Å². The molecule has 0 aliphatic carbocycles. The van der Waals surface area contributed by atoms with Crippen LogP contribution in [0, 0.1) is 6.92 Å². The highest BCUT2D eigenvalue weighted by molar-refractivity contribution is 7.17. The molecule has 0 saturated carbocycles. The van der Waals surface area contributed by atoms with Gasteiger partial charge < -0.3 is 10.5 Å². The van der Waals surface area contributed by atoms with Crippen molar-refractivity contribution in [2.75, 3.05) is 12.3 Å². The van der Waals surface area contributed by atoms with Crippen LogP contribution in [0.15, 0.2) is 24.3 Å². The Hall–Kier alpha value is -2.01. The van der Waals surface area contributed by atoms with Crippen molar-refractivity contribution in [2.45, 2.75) is 27.2 Å². The van der Waals surface area contributed by atoms with Gasteiger partial charge >= 0.3 is 0 Å². The fourth-order valence-electron chi connectivity index (χ4n) is 2.64. The number of hydrogen-bond donors (Lipinski definition) is 1. The molecule has 5 heteroatoms. The van der Waals surface area contributed by atoms with Gasteiger partial charge in [-0.3, -0.25) is 4.40 Å². The standard InChI is InChI=1S/C16H19N3OS/c1-4-12-10(3)21-16-18-14(15(17)19(12)16)11-8-6-7-9-13(11)20-5-2/h6-9H,4-5,17H2,1-3H3. The van der Waals surface area contributed by atoms with E-state index in [1.54, 1.807) is 11.3 Å². The first kappa shape index (κ1) is 13.9. The van der Waals surface area contributed by atoms with Crippen molar-refractivity contribution >= 4 is 22.1 Å². The number of ether oxygens (including phenoxy) is 1. The molecule has 110 valence electrons. The number of anilines is 1. The largest absolute Gasteiger partial charge is 0.493 e. The lowest BCUT2D eigenvalue weighted by atomic mass is 10.1. The fourth-order valence-corrected chi connectivity index (χ4v) is 3.71. The molecule has 3 rings (SSSR count). The summed E-state index contributed by atoms with van der Waals surface area (Å²) in [7, 11) is 0. The summed E-state index contributed by atoms with van der Waals surface area (Å²) < 4.78 is 7.77. The number of para-hydroxylation sites is 1. The van der Waals surface area contributed by atoms with Gasteiger partial charge in [-0.25, -0.2) is 4.98 Å². The van der Waals surface area contributed by atoms with Crippen molar-refractivity contribution in [2.24, 2.45) is 0 Å². The van der Waals surface area contributed by atoms with E-state index in [0.717, 1.165) is 28.4 Å². The first-order valence-corrected chi connectivity index (χ1v) is 7.97. The molecule has 0 saturated heterocycles. The lowest BCUT2D eigenvalue weighted by Crippen LogP contribution is -1.99. The average molecular weight is 301 g/mol. The van der Waals surface area contributed by atoms with Gasteiger partial charge in [-0.1, -0.05) is 19.1 Å². The Bertz CT molecular complexity index is 788. The number of thiazole rings is 1. The maximum atomic E-state index is 6.38. The highest BCUT2D eigenvalue weighted by Crippen LogP contribution is 2.36. The summed E-state index contributed by atoms with van der Waals surface area (Å²) in [4.78, 5) is 6.95. The summed E-state index contributed by atoms with van der Waals surface area (Å²) in [6.45, 7) is 6.86. The van der Waals surface area contributed by atoms with Crippen LogP contribution < -0.4 is 10.5 Å². The van der Waals surface area contributed by atoms with Crippen molar-refractivity contribution in [3.63, 3.8) is 0 Å². The molecule has 0 aliphatic rings. The molecule has 4 nitrogen and oxygen atoms in total. The van der Waals surface area contributed by atoms with E-state index in [-0.39, 0.29) is 0 Å². The van der Waals surface area contributed by atoms with Crippen LogP contribution in [0.3, 0.4) is 0 Å². The van der Waals surface area contributed by atoms with E-state index < -0.39 is 0 Å². The van der Waals surface area contributed by atoms with Crippen LogP contribution in [0.25, 0.3) is 16.2 Å². The van der Waals surface area contributed by atoms with Crippen LogP contribution >= 0.6 is 11.3 Å². The number of benzene rings is 1. The van der Waals surface area contributed by atoms with Crippen molar-refractivity contribution in [1.29, 1.82) is 0 Å². The fraction of sp³-hybridized carbons (Fsp3) is 0.312. The van der Waals surface area contributed by atoms with Gasteiger partial charge in [0, 0.05) is 16.1 Å². The molecule has 0 amide bonds. The van der Waals surface area contributed by atoms with Gasteiger partial charge in [0.1, 0.15) is 17.3 Å². The molecule has 21 heavy (non-hydrogen) atoms. The topological polar surface area (TPSA) is 52.5 Å². The average Bonchev–Trinajstić information content (AvgIpc) is 2.96. The van der Waals surface area contributed by atoms with Gasteiger partial charge in [-0.05, 0) is 32.4 Å². The second-order valence-corrected chi connectivity index (χ2v) is 6.03. The Labute approximate surface area is 128 Å². The zero-order valence-corrected chi connectivity index (χ0v) is 13.3. The van der Waals surface area contributed by atoms with Crippen LogP contribution in [-0.2, 0) is 6.42 Å². The highest BCUT2D eigenvalue weighted by atomic mass is 32.1. The predicted octanol–water partition coefficient (Wildman–Crippen LogP) is 3.91. The third-order valence-electron chi connectivity index (χ3n) is 3.58. The van der Waals surface area contributed by atoms with E-state index in [9.17, 15) is 0 Å². The summed E-state index contributed by atoms with van der Waals surface area (Å²) in [5, 5.41) is 0. The molecule has 0 unspecified atom stereocenters. The van der Waals surface area contributed by atoms with Crippen molar-refractivity contribution < 1.29 is 4.74 Å². The lowest BCUT2D eigenvalue weighted by molar-refractivity contribution is 0.341. The van der Waals surface area contributed by atoms with Gasteiger partial charge in [0.2, 0.25) is 0 Å². The molecule has 0 bridgehead atoms. The third kappa shape index (κ3) is 2.17. The van der Waals surface area contributed by atoms with Crippen LogP contribution in [0.5, 0.6) is 5.75 Å². The van der Waals surface area contributed by atoms with Crippen molar-refractivity contribution in [3.8, 4) is 17.0 Å². The summed E-state index contributed by atoms with van der Waals surface area (Å²) in [5.74, 6) is 1.52. The molecule has 2 N–H and O–H groups in total. The van der Waals surface area contributed by atoms with E-state index in [4.69, 9.17) is 15.5 Å². The number of aryl methyl sites for hydroxylation is 2. The molecule has 1 aromatic carbocycles. The van der Waals surface area contributed by atoms with Gasteiger partial charge in [-0.2, -0.15) is 0 Å². The zero-order chi connectivity index (χ0) is 15.0. The Morgan fingerprint density at radius 3 is 2.76 bits per heavy atom. The van der Waals surface area contributed by atoms with E-state index >= 15 is 0 Å². The number of nitrogens with two attached hydrogens (primary N) is 1. The van der Waals surface area contributed by atoms with Crippen LogP contribution in [0.4, 0.5) is 5.82 Å². The first-order chi connectivity index (χ1) is 10.2. The monoisotopic (exact) mass is 301 g/mol. The molecule has 0 aliphatic heterocycles. The number of fused-ring (bicyclic) bond motifs is 1. The highest BCUT2D eigenvalue weighted by Gasteiger charge is 2.19. The normalized spacial score (nSPS) is 11.2. The van der Waals surface area contributed by atoms with Gasteiger partial charge in [0.15, 0.2) is 4.96 Å². The SMILES string of the molecule is CCOc1ccccc1-c1nc2sc(C)c(CC)n2c1N. The molecule has 3 aromatic rings. The van der Waals surface area contributed by atoms with E-state index in [1.165, 1.54) is 10.6 Å². The molecule has 0 radical (unpaired) electrons. The molecule has 0 fully saturated rings. The Morgan fingerprint density at radius 2 is 2.05 bits per heavy atom. The second kappa shape index (κ2) is 5.41. The number of imidazole rings is 1. The van der Waals surface area contributed by atoms with Crippen LogP contribution in [0.1, 0.15) is 24.4 Å². The molecular formula is C16H19N3OS. The molecular weight excluding hydrogens is 282 g/mol. The summed E-state index contributed by atoms with van der Waals surface area (Å²) in [6, 6.07) is 7.91. The first-order valence-electron chi connectivity index (χ1n) is 7.15. The molecule has 2 heterocycles. The maximum absolute atomic E-state index is 6.38. The summed E-state index contributed by atoms with van der Waals surface area (Å²) in [5.41, 5.74) is 9.37. The maximum Gasteiger partial charge on any atom is 0.196 e. The molecule has 2 aromatic heterocycles. The minimum absolute atomic E-state index is 0.623. The summed E-state index contributed by atoms with van der Waals surface area (Å²) >= 11 is 1.68. The van der Waals surface area contributed by atoms with E-state index in [0.29, 0.717) is 12.4 Å². The van der Waals surface area contributed by atoms with Crippen LogP contribution in [0.2, 0.25) is 0 Å². The van der Waals surface area contributed by atoms with Crippen molar-refractivity contribution in [3.05, 3.63) is 34.8 Å². The summed E-state index contributed by atoms with van der Waals surface area (Å²) in [6.07, 6.45) is 0.943. The van der Waals surface area contributed by atoms with Gasteiger partial charge in [0.25, 0.3) is 0 Å². The number of aromatic nitrogens is 2. The van der Waals surface area contributed by atoms with E-state index in [2.05, 4.69) is 18.2 Å². The zero-order valence-electron chi connectivity index (χ0n) is 12.5. The minimum Gasteiger partial charge on any atom is -0.493 e. The Kier molecular flexibility index (Phi) is 3.59. The second-order valence-electron chi connectivity index (χ2n) is 4.85. The number of nitrogens with zero attached hydrogens (tertiary/aromatic N) is 2. The number of rotatable bonds is 4. The van der Waals surface area contributed by atoms with Gasteiger partial charge in [0.05, 0.1) is 6.61 Å². The minimum atomic E-state index is 0.623. The Balaban J connectivity index is 2.22.